The van der Waals surface area contributed by atoms with Crippen LogP contribution < -0.4 is 5.32 Å². The molecule has 3 nitrogen and oxygen atoms in total. The fourth-order valence-electron chi connectivity index (χ4n) is 1.86. The van der Waals surface area contributed by atoms with E-state index in [1.54, 1.807) is 0 Å². The molecule has 20 heavy (non-hydrogen) atoms. The topological polar surface area (TPSA) is 24.5 Å². The molecule has 0 saturated carbocycles. The lowest BCUT2D eigenvalue weighted by atomic mass is 10.3. The number of hydrogen-bond donors (Lipinski definition) is 1. The van der Waals surface area contributed by atoms with Gasteiger partial charge in [0.1, 0.15) is 0 Å². The summed E-state index contributed by atoms with van der Waals surface area (Å²) in [6.07, 6.45) is 11.9. The van der Waals surface area contributed by atoms with Gasteiger partial charge in [0.2, 0.25) is 0 Å². The largest absolute Gasteiger partial charge is 0.377 e. The van der Waals surface area contributed by atoms with E-state index in [0.29, 0.717) is 0 Å². The molecule has 0 radical (unpaired) electrons. The molecule has 0 spiro atoms. The van der Waals surface area contributed by atoms with E-state index in [2.05, 4.69) is 55.3 Å². The van der Waals surface area contributed by atoms with Gasteiger partial charge in [-0.3, -0.25) is 0 Å². The van der Waals surface area contributed by atoms with Gasteiger partial charge in [0.15, 0.2) is 0 Å². The summed E-state index contributed by atoms with van der Waals surface area (Å²) in [5.41, 5.74) is 0. The minimum atomic E-state index is 0.722. The van der Waals surface area contributed by atoms with E-state index >= 15 is 0 Å². The van der Waals surface area contributed by atoms with E-state index in [-0.39, 0.29) is 0 Å². The lowest BCUT2D eigenvalue weighted by Gasteiger charge is -2.20. The summed E-state index contributed by atoms with van der Waals surface area (Å²) in [7, 11) is 0. The molecule has 118 valence electrons. The van der Waals surface area contributed by atoms with Crippen molar-refractivity contribution >= 4 is 0 Å². The summed E-state index contributed by atoms with van der Waals surface area (Å²) in [5.74, 6) is 0. The molecule has 0 rings (SSSR count). The van der Waals surface area contributed by atoms with E-state index in [1.165, 1.54) is 6.42 Å². The van der Waals surface area contributed by atoms with Crippen LogP contribution in [0.15, 0.2) is 24.3 Å². The highest BCUT2D eigenvalue weighted by molar-refractivity contribution is 5.02. The molecule has 0 aliphatic rings. The Hall–Kier alpha value is -0.640. The van der Waals surface area contributed by atoms with Gasteiger partial charge in [-0.05, 0) is 25.9 Å². The molecule has 0 saturated heterocycles. The molecule has 0 fully saturated rings. The fraction of sp³-hybridized carbons (Fsp3) is 0.765. The van der Waals surface area contributed by atoms with Crippen molar-refractivity contribution in [3.8, 4) is 0 Å². The molecule has 1 N–H and O–H groups in total. The van der Waals surface area contributed by atoms with Crippen molar-refractivity contribution < 1.29 is 4.74 Å². The summed E-state index contributed by atoms with van der Waals surface area (Å²) in [4.78, 5) is 2.47. The fourth-order valence-corrected chi connectivity index (χ4v) is 1.86. The summed E-state index contributed by atoms with van der Waals surface area (Å²) in [5, 5.41) is 3.36. The Morgan fingerprint density at radius 2 is 1.85 bits per heavy atom. The summed E-state index contributed by atoms with van der Waals surface area (Å²) < 4.78 is 5.60. The molecular formula is C17H34N2O. The molecule has 0 aromatic rings. The van der Waals surface area contributed by atoms with Gasteiger partial charge in [0, 0.05) is 26.2 Å². The third-order valence-corrected chi connectivity index (χ3v) is 3.12. The highest BCUT2D eigenvalue weighted by Gasteiger charge is 2.00. The van der Waals surface area contributed by atoms with Gasteiger partial charge in [0.05, 0.1) is 6.61 Å². The predicted molar refractivity (Wildman–Crippen MR) is 89.3 cm³/mol. The maximum Gasteiger partial charge on any atom is 0.0650 e. The second-order valence-corrected chi connectivity index (χ2v) is 4.86. The Morgan fingerprint density at radius 1 is 1.05 bits per heavy atom. The second kappa shape index (κ2) is 16.4. The first-order valence-electron chi connectivity index (χ1n) is 8.17. The monoisotopic (exact) mass is 282 g/mol. The first-order valence-corrected chi connectivity index (χ1v) is 8.17. The van der Waals surface area contributed by atoms with E-state index in [9.17, 15) is 0 Å². The van der Waals surface area contributed by atoms with Gasteiger partial charge < -0.3 is 15.0 Å². The lowest BCUT2D eigenvalue weighted by molar-refractivity contribution is 0.145. The van der Waals surface area contributed by atoms with E-state index in [0.717, 1.165) is 58.8 Å². The van der Waals surface area contributed by atoms with Gasteiger partial charge in [-0.2, -0.15) is 0 Å². The van der Waals surface area contributed by atoms with Gasteiger partial charge in [0.25, 0.3) is 0 Å². The van der Waals surface area contributed by atoms with Crippen molar-refractivity contribution in [2.24, 2.45) is 0 Å². The van der Waals surface area contributed by atoms with Crippen LogP contribution in [0, 0.1) is 0 Å². The van der Waals surface area contributed by atoms with Crippen molar-refractivity contribution in [3.63, 3.8) is 0 Å². The second-order valence-electron chi connectivity index (χ2n) is 4.86. The normalized spacial score (nSPS) is 12.2. The number of hydrogen-bond acceptors (Lipinski definition) is 3. The molecule has 0 atom stereocenters. The maximum absolute atomic E-state index is 5.60. The minimum Gasteiger partial charge on any atom is -0.377 e. The van der Waals surface area contributed by atoms with Gasteiger partial charge in [-0.25, -0.2) is 0 Å². The zero-order chi connectivity index (χ0) is 14.9. The van der Waals surface area contributed by atoms with Crippen molar-refractivity contribution in [1.29, 1.82) is 0 Å². The van der Waals surface area contributed by atoms with Gasteiger partial charge in [-0.15, -0.1) is 0 Å². The van der Waals surface area contributed by atoms with Crippen LogP contribution in [0.25, 0.3) is 0 Å². The van der Waals surface area contributed by atoms with Crippen molar-refractivity contribution in [3.05, 3.63) is 24.3 Å². The van der Waals surface area contributed by atoms with Crippen molar-refractivity contribution in [2.45, 2.75) is 40.0 Å². The lowest BCUT2D eigenvalue weighted by Crippen LogP contribution is -2.33. The minimum absolute atomic E-state index is 0.722. The molecule has 0 unspecified atom stereocenters. The van der Waals surface area contributed by atoms with Crippen molar-refractivity contribution in [1.82, 2.24) is 10.2 Å². The first-order chi connectivity index (χ1) is 9.85. The summed E-state index contributed by atoms with van der Waals surface area (Å²) >= 11 is 0. The molecule has 0 aliphatic heterocycles. The molecule has 3 heteroatoms. The zero-order valence-electron chi connectivity index (χ0n) is 13.7. The van der Waals surface area contributed by atoms with Gasteiger partial charge in [-0.1, -0.05) is 51.5 Å². The van der Waals surface area contributed by atoms with Crippen LogP contribution in [0.2, 0.25) is 0 Å². The molecular weight excluding hydrogens is 248 g/mol. The number of rotatable bonds is 14. The Bertz CT molecular complexity index is 239. The summed E-state index contributed by atoms with van der Waals surface area (Å²) in [6.45, 7) is 13.6. The average molecular weight is 282 g/mol. The van der Waals surface area contributed by atoms with Crippen molar-refractivity contribution in [2.75, 3.05) is 45.9 Å². The average Bonchev–Trinajstić information content (AvgIpc) is 2.47. The highest BCUT2D eigenvalue weighted by atomic mass is 16.5. The smallest absolute Gasteiger partial charge is 0.0650 e. The Kier molecular flexibility index (Phi) is 15.9. The van der Waals surface area contributed by atoms with Crippen LogP contribution >= 0.6 is 0 Å². The predicted octanol–water partition coefficient (Wildman–Crippen LogP) is 3.24. The number of allylic oxidation sites excluding steroid dienone is 3. The van der Waals surface area contributed by atoms with Crippen LogP contribution in [0.5, 0.6) is 0 Å². The molecule has 0 aromatic heterocycles. The number of unbranched alkanes of at least 4 members (excludes halogenated alkanes) is 1. The first kappa shape index (κ1) is 19.4. The summed E-state index contributed by atoms with van der Waals surface area (Å²) in [6, 6.07) is 0. The van der Waals surface area contributed by atoms with Crippen LogP contribution in [0.4, 0.5) is 0 Å². The van der Waals surface area contributed by atoms with Gasteiger partial charge >= 0.3 is 0 Å². The molecule has 0 aliphatic carbocycles. The quantitative estimate of drug-likeness (QED) is 0.391. The third kappa shape index (κ3) is 13.8. The number of likely N-dealkylation sites (N-methyl/N-ethyl adjacent to an activating group) is 2. The number of ether oxygens (including phenoxy) is 1. The van der Waals surface area contributed by atoms with E-state index in [1.807, 2.05) is 0 Å². The van der Waals surface area contributed by atoms with Crippen LogP contribution in [0.3, 0.4) is 0 Å². The maximum atomic E-state index is 5.60. The van der Waals surface area contributed by atoms with Crippen LogP contribution in [0.1, 0.15) is 40.0 Å². The molecule has 0 amide bonds. The standard InChI is InChI=1S/C17H34N2O/c1-4-7-8-9-10-11-16-20-17-12-14-19(6-3)15-13-18-5-2/h8-11,18H,4-7,12-17H2,1-3H3/b9-8-,11-10-. The third-order valence-electron chi connectivity index (χ3n) is 3.12. The number of nitrogens with one attached hydrogen (secondary N) is 1. The zero-order valence-corrected chi connectivity index (χ0v) is 13.7. The molecule has 0 bridgehead atoms. The highest BCUT2D eigenvalue weighted by Crippen LogP contribution is 1.93. The Balaban J connectivity index is 3.40. The number of nitrogens with zero attached hydrogens (tertiary/aromatic N) is 1. The molecule has 0 heterocycles. The van der Waals surface area contributed by atoms with E-state index < -0.39 is 0 Å². The van der Waals surface area contributed by atoms with E-state index in [4.69, 9.17) is 4.74 Å². The van der Waals surface area contributed by atoms with Crippen LogP contribution in [-0.2, 0) is 4.74 Å². The molecule has 0 aromatic carbocycles. The van der Waals surface area contributed by atoms with Crippen LogP contribution in [-0.4, -0.2) is 50.8 Å². The SMILES string of the molecule is CCC/C=C\C=C/COCCCN(CC)CCNCC. The Labute approximate surface area is 126 Å². The Morgan fingerprint density at radius 3 is 2.55 bits per heavy atom.